The number of aromatic nitrogens is 3. The number of carboxylic acids is 1. The van der Waals surface area contributed by atoms with Crippen molar-refractivity contribution in [3.8, 4) is 0 Å². The Morgan fingerprint density at radius 1 is 1.56 bits per heavy atom. The van der Waals surface area contributed by atoms with Gasteiger partial charge >= 0.3 is 5.97 Å². The Hall–Kier alpha value is -1.91. The largest absolute Gasteiger partial charge is 0.476 e. The Balaban J connectivity index is 2.41. The van der Waals surface area contributed by atoms with Gasteiger partial charge in [-0.05, 0) is 12.3 Å². The first-order valence-electron chi connectivity index (χ1n) is 5.13. The van der Waals surface area contributed by atoms with Gasteiger partial charge in [-0.15, -0.1) is 0 Å². The molecule has 84 valence electrons. The lowest BCUT2D eigenvalue weighted by Gasteiger charge is -2.03. The summed E-state index contributed by atoms with van der Waals surface area (Å²) in [6.45, 7) is 4.22. The summed E-state index contributed by atoms with van der Waals surface area (Å²) in [6, 6.07) is 1.83. The molecule has 0 aromatic carbocycles. The number of imidazole rings is 1. The Morgan fingerprint density at radius 2 is 2.31 bits per heavy atom. The van der Waals surface area contributed by atoms with Crippen molar-refractivity contribution in [1.82, 2.24) is 14.4 Å². The first kappa shape index (κ1) is 10.6. The van der Waals surface area contributed by atoms with Gasteiger partial charge in [-0.25, -0.2) is 14.8 Å². The third kappa shape index (κ3) is 2.03. The fraction of sp³-hybridized carbons (Fsp3) is 0.364. The maximum atomic E-state index is 10.7. The van der Waals surface area contributed by atoms with E-state index in [-0.39, 0.29) is 5.69 Å². The molecule has 0 aliphatic heterocycles. The number of carbonyl (C=O) groups is 1. The van der Waals surface area contributed by atoms with Crippen molar-refractivity contribution in [2.75, 3.05) is 0 Å². The molecule has 0 saturated carbocycles. The highest BCUT2D eigenvalue weighted by Gasteiger charge is 2.09. The van der Waals surface area contributed by atoms with Crippen LogP contribution in [0, 0.1) is 5.92 Å². The Kier molecular flexibility index (Phi) is 2.60. The third-order valence-corrected chi connectivity index (χ3v) is 2.24. The van der Waals surface area contributed by atoms with E-state index in [9.17, 15) is 4.79 Å². The lowest BCUT2D eigenvalue weighted by molar-refractivity contribution is 0.0691. The number of aromatic carboxylic acids is 1. The molecule has 0 atom stereocenters. The molecule has 5 heteroatoms. The van der Waals surface area contributed by atoms with E-state index in [4.69, 9.17) is 5.11 Å². The van der Waals surface area contributed by atoms with Crippen molar-refractivity contribution >= 4 is 11.6 Å². The average molecular weight is 219 g/mol. The van der Waals surface area contributed by atoms with Crippen LogP contribution in [-0.4, -0.2) is 25.4 Å². The first-order chi connectivity index (χ1) is 7.56. The zero-order valence-corrected chi connectivity index (χ0v) is 9.21. The van der Waals surface area contributed by atoms with Crippen LogP contribution in [0.2, 0.25) is 0 Å². The van der Waals surface area contributed by atoms with E-state index >= 15 is 0 Å². The topological polar surface area (TPSA) is 67.5 Å². The van der Waals surface area contributed by atoms with Crippen LogP contribution in [0.15, 0.2) is 18.6 Å². The van der Waals surface area contributed by atoms with Crippen molar-refractivity contribution in [3.63, 3.8) is 0 Å². The predicted octanol–water partition coefficient (Wildman–Crippen LogP) is 1.63. The average Bonchev–Trinajstić information content (AvgIpc) is 2.59. The molecule has 2 rings (SSSR count). The normalized spacial score (nSPS) is 11.2. The van der Waals surface area contributed by atoms with E-state index in [0.717, 1.165) is 12.1 Å². The van der Waals surface area contributed by atoms with Gasteiger partial charge in [0.15, 0.2) is 5.69 Å². The molecule has 0 aliphatic carbocycles. The van der Waals surface area contributed by atoms with E-state index < -0.39 is 5.97 Å². The van der Waals surface area contributed by atoms with E-state index in [1.54, 1.807) is 10.7 Å². The van der Waals surface area contributed by atoms with Gasteiger partial charge in [-0.1, -0.05) is 13.8 Å². The molecule has 0 amide bonds. The maximum absolute atomic E-state index is 10.7. The van der Waals surface area contributed by atoms with Crippen molar-refractivity contribution in [1.29, 1.82) is 0 Å². The molecule has 0 bridgehead atoms. The minimum atomic E-state index is -1.02. The van der Waals surface area contributed by atoms with Crippen molar-refractivity contribution in [3.05, 3.63) is 30.0 Å². The summed E-state index contributed by atoms with van der Waals surface area (Å²) in [6.07, 6.45) is 3.93. The Labute approximate surface area is 92.8 Å². The van der Waals surface area contributed by atoms with Gasteiger partial charge in [-0.2, -0.15) is 0 Å². The highest BCUT2D eigenvalue weighted by atomic mass is 16.4. The summed E-state index contributed by atoms with van der Waals surface area (Å²) in [5.74, 6) is -0.502. The smallest absolute Gasteiger partial charge is 0.356 e. The third-order valence-electron chi connectivity index (χ3n) is 2.24. The SMILES string of the molecule is CC(C)Cc1cc2nc(C(=O)O)cn2cn1. The second-order valence-corrected chi connectivity index (χ2v) is 4.17. The highest BCUT2D eigenvalue weighted by molar-refractivity contribution is 5.86. The Bertz CT molecular complexity index is 531. The standard InChI is InChI=1S/C11H13N3O2/c1-7(2)3-8-4-10-13-9(11(15)16)5-14(10)6-12-8/h4-7H,3H2,1-2H3,(H,15,16). The molecule has 2 heterocycles. The van der Waals surface area contributed by atoms with E-state index in [2.05, 4.69) is 23.8 Å². The van der Waals surface area contributed by atoms with Gasteiger partial charge in [0.25, 0.3) is 0 Å². The molecule has 0 saturated heterocycles. The van der Waals surface area contributed by atoms with Gasteiger partial charge in [0.2, 0.25) is 0 Å². The molecular weight excluding hydrogens is 206 g/mol. The number of nitrogens with zero attached hydrogens (tertiary/aromatic N) is 3. The molecule has 0 aliphatic rings. The minimum Gasteiger partial charge on any atom is -0.476 e. The van der Waals surface area contributed by atoms with Gasteiger partial charge in [0, 0.05) is 18.0 Å². The molecule has 2 aromatic heterocycles. The van der Waals surface area contributed by atoms with Crippen LogP contribution >= 0.6 is 0 Å². The van der Waals surface area contributed by atoms with Crippen LogP contribution < -0.4 is 0 Å². The maximum Gasteiger partial charge on any atom is 0.356 e. The number of fused-ring (bicyclic) bond motifs is 1. The monoisotopic (exact) mass is 219 g/mol. The van der Waals surface area contributed by atoms with Crippen LogP contribution in [0.25, 0.3) is 5.65 Å². The van der Waals surface area contributed by atoms with Gasteiger partial charge in [0.1, 0.15) is 12.0 Å². The second kappa shape index (κ2) is 3.92. The molecule has 5 nitrogen and oxygen atoms in total. The number of hydrogen-bond donors (Lipinski definition) is 1. The van der Waals surface area contributed by atoms with Crippen molar-refractivity contribution in [2.45, 2.75) is 20.3 Å². The Morgan fingerprint density at radius 3 is 2.94 bits per heavy atom. The van der Waals surface area contributed by atoms with Gasteiger partial charge < -0.3 is 5.11 Å². The van der Waals surface area contributed by atoms with E-state index in [0.29, 0.717) is 11.6 Å². The van der Waals surface area contributed by atoms with Crippen LogP contribution in [0.5, 0.6) is 0 Å². The summed E-state index contributed by atoms with van der Waals surface area (Å²) in [5.41, 5.74) is 1.61. The van der Waals surface area contributed by atoms with Gasteiger partial charge in [0.05, 0.1) is 0 Å². The highest BCUT2D eigenvalue weighted by Crippen LogP contribution is 2.09. The molecule has 0 fully saturated rings. The molecule has 0 unspecified atom stereocenters. The summed E-state index contributed by atoms with van der Waals surface area (Å²) in [5, 5.41) is 8.80. The molecule has 2 aromatic rings. The van der Waals surface area contributed by atoms with E-state index in [1.807, 2.05) is 6.07 Å². The summed E-state index contributed by atoms with van der Waals surface area (Å²) >= 11 is 0. The lowest BCUT2D eigenvalue weighted by atomic mass is 10.1. The fourth-order valence-corrected chi connectivity index (χ4v) is 1.56. The minimum absolute atomic E-state index is 0.0449. The zero-order chi connectivity index (χ0) is 11.7. The quantitative estimate of drug-likeness (QED) is 0.851. The fourth-order valence-electron chi connectivity index (χ4n) is 1.56. The summed E-state index contributed by atoms with van der Waals surface area (Å²) in [4.78, 5) is 19.0. The second-order valence-electron chi connectivity index (χ2n) is 4.17. The van der Waals surface area contributed by atoms with Crippen LogP contribution in [-0.2, 0) is 6.42 Å². The predicted molar refractivity (Wildman–Crippen MR) is 58.5 cm³/mol. The van der Waals surface area contributed by atoms with Crippen LogP contribution in [0.4, 0.5) is 0 Å². The van der Waals surface area contributed by atoms with Gasteiger partial charge in [-0.3, -0.25) is 4.40 Å². The van der Waals surface area contributed by atoms with Crippen LogP contribution in [0.1, 0.15) is 30.0 Å². The number of rotatable bonds is 3. The molecule has 1 N–H and O–H groups in total. The molecular formula is C11H13N3O2. The van der Waals surface area contributed by atoms with Crippen LogP contribution in [0.3, 0.4) is 0 Å². The lowest BCUT2D eigenvalue weighted by Crippen LogP contribution is -1.98. The number of hydrogen-bond acceptors (Lipinski definition) is 3. The number of carboxylic acid groups (broad SMARTS) is 1. The molecule has 16 heavy (non-hydrogen) atoms. The summed E-state index contributed by atoms with van der Waals surface area (Å²) < 4.78 is 1.62. The first-order valence-corrected chi connectivity index (χ1v) is 5.13. The summed E-state index contributed by atoms with van der Waals surface area (Å²) in [7, 11) is 0. The van der Waals surface area contributed by atoms with Crippen molar-refractivity contribution < 1.29 is 9.90 Å². The zero-order valence-electron chi connectivity index (χ0n) is 9.21. The van der Waals surface area contributed by atoms with Crippen molar-refractivity contribution in [2.24, 2.45) is 5.92 Å². The molecule has 0 spiro atoms. The van der Waals surface area contributed by atoms with E-state index in [1.165, 1.54) is 6.20 Å². The molecule has 0 radical (unpaired) electrons.